The first-order valence-corrected chi connectivity index (χ1v) is 7.03. The molecule has 0 spiro atoms. The molecule has 0 atom stereocenters. The molecule has 2 aromatic carbocycles. The quantitative estimate of drug-likeness (QED) is 0.649. The largest absolute Gasteiger partial charge is 0.457 e. The number of aryl methyl sites for hydroxylation is 1. The molecule has 106 valence electrons. The lowest BCUT2D eigenvalue weighted by atomic mass is 10.1. The number of alkyl halides is 4. The Morgan fingerprint density at radius 1 is 1.05 bits per heavy atom. The fraction of sp³-hybridized carbons (Fsp3) is 0.200. The van der Waals surface area contributed by atoms with E-state index in [2.05, 4.69) is 15.9 Å². The van der Waals surface area contributed by atoms with Crippen LogP contribution in [0.15, 0.2) is 42.5 Å². The van der Waals surface area contributed by atoms with Crippen LogP contribution in [0.2, 0.25) is 0 Å². The summed E-state index contributed by atoms with van der Waals surface area (Å²) in [5, 5.41) is 0.145. The monoisotopic (exact) mass is 344 g/mol. The Morgan fingerprint density at radius 2 is 1.75 bits per heavy atom. The van der Waals surface area contributed by atoms with Crippen LogP contribution in [0.4, 0.5) is 13.2 Å². The van der Waals surface area contributed by atoms with Crippen molar-refractivity contribution >= 4 is 15.9 Å². The van der Waals surface area contributed by atoms with Gasteiger partial charge < -0.3 is 4.74 Å². The van der Waals surface area contributed by atoms with Gasteiger partial charge in [-0.1, -0.05) is 34.1 Å². The summed E-state index contributed by atoms with van der Waals surface area (Å²) in [5.41, 5.74) is 0.490. The van der Waals surface area contributed by atoms with Crippen molar-refractivity contribution in [3.8, 4) is 11.5 Å². The molecule has 1 nitrogen and oxygen atoms in total. The normalized spacial score (nSPS) is 11.4. The maximum Gasteiger partial charge on any atom is 0.416 e. The number of benzene rings is 2. The summed E-state index contributed by atoms with van der Waals surface area (Å²) < 4.78 is 44.3. The third kappa shape index (κ3) is 3.54. The molecule has 0 saturated heterocycles. The molecular weight excluding hydrogens is 333 g/mol. The minimum Gasteiger partial charge on any atom is -0.457 e. The van der Waals surface area contributed by atoms with Crippen molar-refractivity contribution in [2.75, 3.05) is 0 Å². The molecule has 0 unspecified atom stereocenters. The second-order valence-corrected chi connectivity index (χ2v) is 4.93. The molecule has 0 heterocycles. The first kappa shape index (κ1) is 14.9. The summed E-state index contributed by atoms with van der Waals surface area (Å²) in [6, 6.07) is 11.1. The van der Waals surface area contributed by atoms with Crippen LogP contribution in [-0.4, -0.2) is 0 Å². The summed E-state index contributed by atoms with van der Waals surface area (Å²) in [6.45, 7) is 1.89. The molecule has 0 aliphatic carbocycles. The van der Waals surface area contributed by atoms with Gasteiger partial charge in [-0.15, -0.1) is 0 Å². The van der Waals surface area contributed by atoms with Crippen LogP contribution in [-0.2, 0) is 11.5 Å². The lowest BCUT2D eigenvalue weighted by molar-refractivity contribution is -0.138. The molecule has 2 aromatic rings. The van der Waals surface area contributed by atoms with Gasteiger partial charge in [0.25, 0.3) is 0 Å². The van der Waals surface area contributed by atoms with Crippen molar-refractivity contribution in [3.63, 3.8) is 0 Å². The van der Waals surface area contributed by atoms with Gasteiger partial charge in [0, 0.05) is 5.33 Å². The fourth-order valence-electron chi connectivity index (χ4n) is 1.81. The van der Waals surface area contributed by atoms with E-state index in [9.17, 15) is 13.2 Å². The molecule has 2 rings (SSSR count). The van der Waals surface area contributed by atoms with Crippen LogP contribution < -0.4 is 4.74 Å². The van der Waals surface area contributed by atoms with Crippen molar-refractivity contribution in [2.24, 2.45) is 0 Å². The number of hydrogen-bond acceptors (Lipinski definition) is 1. The predicted molar refractivity (Wildman–Crippen MR) is 75.3 cm³/mol. The molecule has 0 amide bonds. The highest BCUT2D eigenvalue weighted by Gasteiger charge is 2.33. The SMILES string of the molecule is Cc1cccc(Oc2ccc(CBr)c(C(F)(F)F)c2)c1. The molecule has 0 aromatic heterocycles. The standard InChI is InChI=1S/C15H12BrF3O/c1-10-3-2-4-12(7-10)20-13-6-5-11(9-16)14(8-13)15(17,18)19/h2-8H,9H2,1H3. The molecule has 0 radical (unpaired) electrons. The predicted octanol–water partition coefficient (Wildman–Crippen LogP) is 5.70. The summed E-state index contributed by atoms with van der Waals surface area (Å²) in [6.07, 6.45) is -4.39. The molecule has 0 fully saturated rings. The van der Waals surface area contributed by atoms with Gasteiger partial charge in [-0.2, -0.15) is 13.2 Å². The average Bonchev–Trinajstić information content (AvgIpc) is 2.37. The maximum absolute atomic E-state index is 12.9. The van der Waals surface area contributed by atoms with Crippen molar-refractivity contribution in [1.82, 2.24) is 0 Å². The zero-order valence-electron chi connectivity index (χ0n) is 10.7. The van der Waals surface area contributed by atoms with Crippen molar-refractivity contribution < 1.29 is 17.9 Å². The second kappa shape index (κ2) is 5.87. The Morgan fingerprint density at radius 3 is 2.35 bits per heavy atom. The minimum absolute atomic E-state index is 0.145. The average molecular weight is 345 g/mol. The Kier molecular flexibility index (Phi) is 4.38. The zero-order valence-corrected chi connectivity index (χ0v) is 12.3. The van der Waals surface area contributed by atoms with E-state index < -0.39 is 11.7 Å². The number of halogens is 4. The smallest absolute Gasteiger partial charge is 0.416 e. The van der Waals surface area contributed by atoms with Gasteiger partial charge in [0.15, 0.2) is 0 Å². The lowest BCUT2D eigenvalue weighted by Gasteiger charge is -2.14. The molecule has 0 aliphatic heterocycles. The highest BCUT2D eigenvalue weighted by atomic mass is 79.9. The third-order valence-corrected chi connectivity index (χ3v) is 3.36. The highest BCUT2D eigenvalue weighted by molar-refractivity contribution is 9.08. The van der Waals surface area contributed by atoms with E-state index in [0.29, 0.717) is 5.75 Å². The Bertz CT molecular complexity index is 608. The van der Waals surface area contributed by atoms with Crippen molar-refractivity contribution in [3.05, 3.63) is 59.2 Å². The fourth-order valence-corrected chi connectivity index (χ4v) is 2.30. The number of ether oxygens (including phenoxy) is 1. The van der Waals surface area contributed by atoms with Crippen LogP contribution >= 0.6 is 15.9 Å². The van der Waals surface area contributed by atoms with Gasteiger partial charge in [-0.25, -0.2) is 0 Å². The molecule has 0 aliphatic rings. The van der Waals surface area contributed by atoms with Crippen molar-refractivity contribution in [2.45, 2.75) is 18.4 Å². The van der Waals surface area contributed by atoms with E-state index in [1.54, 1.807) is 18.2 Å². The van der Waals surface area contributed by atoms with E-state index in [4.69, 9.17) is 4.74 Å². The summed E-state index contributed by atoms with van der Waals surface area (Å²) in [7, 11) is 0. The van der Waals surface area contributed by atoms with Crippen LogP contribution in [0, 0.1) is 6.92 Å². The van der Waals surface area contributed by atoms with Gasteiger partial charge in [0.2, 0.25) is 0 Å². The topological polar surface area (TPSA) is 9.23 Å². The van der Waals surface area contributed by atoms with Gasteiger partial charge in [0.1, 0.15) is 11.5 Å². The third-order valence-electron chi connectivity index (χ3n) is 2.76. The van der Waals surface area contributed by atoms with Crippen LogP contribution in [0.5, 0.6) is 11.5 Å². The Labute approximate surface area is 123 Å². The minimum atomic E-state index is -4.39. The van der Waals surface area contributed by atoms with Gasteiger partial charge in [0.05, 0.1) is 5.56 Å². The zero-order chi connectivity index (χ0) is 14.8. The molecule has 0 N–H and O–H groups in total. The highest BCUT2D eigenvalue weighted by Crippen LogP contribution is 2.36. The van der Waals surface area contributed by atoms with Crippen molar-refractivity contribution in [1.29, 1.82) is 0 Å². The summed E-state index contributed by atoms with van der Waals surface area (Å²) in [4.78, 5) is 0. The van der Waals surface area contributed by atoms with E-state index in [1.807, 2.05) is 13.0 Å². The Hall–Kier alpha value is -1.49. The van der Waals surface area contributed by atoms with E-state index in [0.717, 1.165) is 11.6 Å². The molecular formula is C15H12BrF3O. The molecule has 20 heavy (non-hydrogen) atoms. The summed E-state index contributed by atoms with van der Waals surface area (Å²) in [5.74, 6) is 0.692. The van der Waals surface area contributed by atoms with Gasteiger partial charge >= 0.3 is 6.18 Å². The molecule has 0 bridgehead atoms. The Balaban J connectivity index is 2.34. The number of hydrogen-bond donors (Lipinski definition) is 0. The van der Waals surface area contributed by atoms with E-state index >= 15 is 0 Å². The van der Waals surface area contributed by atoms with Crippen LogP contribution in [0.1, 0.15) is 16.7 Å². The summed E-state index contributed by atoms with van der Waals surface area (Å²) >= 11 is 3.06. The van der Waals surface area contributed by atoms with E-state index in [1.165, 1.54) is 12.1 Å². The van der Waals surface area contributed by atoms with Crippen LogP contribution in [0.25, 0.3) is 0 Å². The van der Waals surface area contributed by atoms with Gasteiger partial charge in [-0.05, 0) is 42.3 Å². The molecule has 0 saturated carbocycles. The first-order valence-electron chi connectivity index (χ1n) is 5.91. The first-order chi connectivity index (χ1) is 9.40. The second-order valence-electron chi connectivity index (χ2n) is 4.37. The van der Waals surface area contributed by atoms with Crippen LogP contribution in [0.3, 0.4) is 0 Å². The lowest BCUT2D eigenvalue weighted by Crippen LogP contribution is -2.08. The number of rotatable bonds is 3. The molecule has 5 heteroatoms. The van der Waals surface area contributed by atoms with Gasteiger partial charge in [-0.3, -0.25) is 0 Å². The van der Waals surface area contributed by atoms with E-state index in [-0.39, 0.29) is 16.6 Å². The maximum atomic E-state index is 12.9.